The number of sulfonamides is 1. The molecule has 9 nitrogen and oxygen atoms in total. The van der Waals surface area contributed by atoms with Crippen LogP contribution in [0.4, 0.5) is 0 Å². The van der Waals surface area contributed by atoms with Gasteiger partial charge in [-0.15, -0.1) is 0 Å². The largest absolute Gasteiger partial charge is 0.339 e. The topological polar surface area (TPSA) is 100 Å². The summed E-state index contributed by atoms with van der Waals surface area (Å²) in [5.41, 5.74) is -0.428. The van der Waals surface area contributed by atoms with Gasteiger partial charge >= 0.3 is 0 Å². The molecule has 2 fully saturated rings. The van der Waals surface area contributed by atoms with Crippen molar-refractivity contribution >= 4 is 21.8 Å². The fourth-order valence-corrected chi connectivity index (χ4v) is 6.02. The fraction of sp³-hybridized carbons (Fsp3) is 0.682. The fourth-order valence-electron chi connectivity index (χ4n) is 4.54. The average Bonchev–Trinajstić information content (AvgIpc) is 3.29. The van der Waals surface area contributed by atoms with Gasteiger partial charge in [0.2, 0.25) is 21.8 Å². The molecule has 1 aliphatic heterocycles. The Morgan fingerprint density at radius 3 is 2.09 bits per heavy atom. The molecule has 2 heterocycles. The lowest BCUT2D eigenvalue weighted by molar-refractivity contribution is -0.140. The highest BCUT2D eigenvalue weighted by Crippen LogP contribution is 2.28. The molecule has 2 aliphatic rings. The second kappa shape index (κ2) is 10.6. The van der Waals surface area contributed by atoms with E-state index in [-0.39, 0.29) is 23.3 Å². The summed E-state index contributed by atoms with van der Waals surface area (Å²) in [6.45, 7) is 5.73. The predicted octanol–water partition coefficient (Wildman–Crippen LogP) is 1.13. The number of carbonyl (C=O) groups is 2. The van der Waals surface area contributed by atoms with Gasteiger partial charge in [0.1, 0.15) is 6.54 Å². The molecule has 1 aliphatic carbocycles. The minimum atomic E-state index is -3.72. The van der Waals surface area contributed by atoms with Gasteiger partial charge in [0, 0.05) is 58.0 Å². The van der Waals surface area contributed by atoms with Crippen LogP contribution >= 0.6 is 0 Å². The van der Waals surface area contributed by atoms with Crippen molar-refractivity contribution in [1.29, 1.82) is 0 Å². The number of aromatic nitrogens is 1. The second-order valence-corrected chi connectivity index (χ2v) is 10.5. The van der Waals surface area contributed by atoms with E-state index in [4.69, 9.17) is 0 Å². The monoisotopic (exact) mass is 466 g/mol. The minimum absolute atomic E-state index is 0.00377. The first kappa shape index (κ1) is 24.4. The van der Waals surface area contributed by atoms with Crippen molar-refractivity contribution in [3.05, 3.63) is 28.7 Å². The van der Waals surface area contributed by atoms with Crippen LogP contribution in [0.2, 0.25) is 0 Å². The van der Waals surface area contributed by atoms with Crippen LogP contribution in [0.5, 0.6) is 0 Å². The summed E-state index contributed by atoms with van der Waals surface area (Å²) < 4.78 is 27.9. The molecule has 178 valence electrons. The zero-order valence-electron chi connectivity index (χ0n) is 19.0. The molecular weight excluding hydrogens is 432 g/mol. The molecule has 1 saturated heterocycles. The van der Waals surface area contributed by atoms with Crippen LogP contribution in [0, 0.1) is 5.92 Å². The molecule has 2 amide bonds. The van der Waals surface area contributed by atoms with Crippen molar-refractivity contribution in [3.63, 3.8) is 0 Å². The maximum atomic E-state index is 12.8. The molecule has 1 saturated carbocycles. The third-order valence-corrected chi connectivity index (χ3v) is 8.56. The zero-order chi connectivity index (χ0) is 23.3. The van der Waals surface area contributed by atoms with Crippen molar-refractivity contribution in [2.45, 2.75) is 57.4 Å². The quantitative estimate of drug-likeness (QED) is 0.572. The highest BCUT2D eigenvalue weighted by Gasteiger charge is 2.27. The number of hydrogen-bond donors (Lipinski definition) is 0. The van der Waals surface area contributed by atoms with Crippen LogP contribution in [-0.4, -0.2) is 78.2 Å². The zero-order valence-corrected chi connectivity index (χ0v) is 19.8. The molecule has 32 heavy (non-hydrogen) atoms. The summed E-state index contributed by atoms with van der Waals surface area (Å²) in [6.07, 6.45) is 6.50. The summed E-state index contributed by atoms with van der Waals surface area (Å²) in [5, 5.41) is 0. The Morgan fingerprint density at radius 1 is 0.969 bits per heavy atom. The molecule has 0 aromatic carbocycles. The van der Waals surface area contributed by atoms with Crippen molar-refractivity contribution < 1.29 is 18.0 Å². The minimum Gasteiger partial charge on any atom is -0.339 e. The summed E-state index contributed by atoms with van der Waals surface area (Å²) in [6, 6.07) is 2.47. The highest BCUT2D eigenvalue weighted by atomic mass is 32.2. The standard InChI is InChI=1S/C22H34N4O5S/c1-3-26(4-2)32(30,31)19-9-10-20(27)25(16-19)17-22(29)24-13-11-23(12-14-24)21(28)15-18-7-5-6-8-18/h9-10,16,18H,3-8,11-15,17H2,1-2H3. The Kier molecular flexibility index (Phi) is 8.10. The van der Waals surface area contributed by atoms with Gasteiger partial charge in [-0.25, -0.2) is 8.42 Å². The van der Waals surface area contributed by atoms with Gasteiger partial charge in [-0.1, -0.05) is 26.7 Å². The van der Waals surface area contributed by atoms with Crippen LogP contribution < -0.4 is 5.56 Å². The lowest BCUT2D eigenvalue weighted by atomic mass is 10.0. The molecule has 1 aromatic rings. The van der Waals surface area contributed by atoms with Crippen LogP contribution in [0.25, 0.3) is 0 Å². The lowest BCUT2D eigenvalue weighted by Gasteiger charge is -2.35. The number of piperazine rings is 1. The van der Waals surface area contributed by atoms with Crippen LogP contribution in [0.15, 0.2) is 28.0 Å². The molecule has 0 spiro atoms. The van der Waals surface area contributed by atoms with Gasteiger partial charge in [-0.3, -0.25) is 14.4 Å². The van der Waals surface area contributed by atoms with E-state index in [1.807, 2.05) is 4.90 Å². The first-order valence-corrected chi connectivity index (χ1v) is 13.0. The molecule has 1 aromatic heterocycles. The van der Waals surface area contributed by atoms with E-state index >= 15 is 0 Å². The predicted molar refractivity (Wildman–Crippen MR) is 121 cm³/mol. The van der Waals surface area contributed by atoms with Crippen LogP contribution in [-0.2, 0) is 26.2 Å². The van der Waals surface area contributed by atoms with Gasteiger partial charge in [-0.05, 0) is 24.8 Å². The highest BCUT2D eigenvalue weighted by molar-refractivity contribution is 7.89. The van der Waals surface area contributed by atoms with E-state index in [0.717, 1.165) is 17.4 Å². The Hall–Kier alpha value is -2.20. The van der Waals surface area contributed by atoms with E-state index in [0.29, 0.717) is 51.6 Å². The number of nitrogens with zero attached hydrogens (tertiary/aromatic N) is 4. The van der Waals surface area contributed by atoms with Gasteiger partial charge in [0.05, 0.1) is 4.90 Å². The molecular formula is C22H34N4O5S. The van der Waals surface area contributed by atoms with E-state index in [9.17, 15) is 22.8 Å². The summed E-state index contributed by atoms with van der Waals surface area (Å²) in [4.78, 5) is 41.0. The normalized spacial score (nSPS) is 17.8. The lowest BCUT2D eigenvalue weighted by Crippen LogP contribution is -2.51. The van der Waals surface area contributed by atoms with Crippen molar-refractivity contribution in [3.8, 4) is 0 Å². The van der Waals surface area contributed by atoms with Crippen LogP contribution in [0.1, 0.15) is 46.0 Å². The third-order valence-electron chi connectivity index (χ3n) is 6.53. The Labute approximate surface area is 190 Å². The summed E-state index contributed by atoms with van der Waals surface area (Å²) >= 11 is 0. The molecule has 10 heteroatoms. The Bertz CT molecular complexity index is 972. The van der Waals surface area contributed by atoms with Gasteiger partial charge in [0.25, 0.3) is 5.56 Å². The number of carbonyl (C=O) groups excluding carboxylic acids is 2. The molecule has 0 radical (unpaired) electrons. The first-order valence-electron chi connectivity index (χ1n) is 11.5. The molecule has 0 atom stereocenters. The van der Waals surface area contributed by atoms with Gasteiger partial charge in [0.15, 0.2) is 0 Å². The van der Waals surface area contributed by atoms with E-state index in [2.05, 4.69) is 0 Å². The number of amides is 2. The molecule has 3 rings (SSSR count). The van der Waals surface area contributed by atoms with E-state index in [1.54, 1.807) is 18.7 Å². The maximum absolute atomic E-state index is 12.8. The van der Waals surface area contributed by atoms with Crippen molar-refractivity contribution in [1.82, 2.24) is 18.7 Å². The number of pyridine rings is 1. The Morgan fingerprint density at radius 2 is 1.53 bits per heavy atom. The smallest absolute Gasteiger partial charge is 0.251 e. The van der Waals surface area contributed by atoms with E-state index in [1.165, 1.54) is 35.5 Å². The Balaban J connectivity index is 1.60. The van der Waals surface area contributed by atoms with Crippen molar-refractivity contribution in [2.75, 3.05) is 39.3 Å². The number of rotatable bonds is 8. The molecule has 0 unspecified atom stereocenters. The third kappa shape index (κ3) is 5.58. The maximum Gasteiger partial charge on any atom is 0.251 e. The first-order chi connectivity index (χ1) is 15.3. The van der Waals surface area contributed by atoms with Crippen molar-refractivity contribution in [2.24, 2.45) is 5.92 Å². The molecule has 0 N–H and O–H groups in total. The average molecular weight is 467 g/mol. The summed E-state index contributed by atoms with van der Waals surface area (Å²) in [7, 11) is -3.72. The van der Waals surface area contributed by atoms with Gasteiger partial charge in [-0.2, -0.15) is 4.31 Å². The SMILES string of the molecule is CCN(CC)S(=O)(=O)c1ccc(=O)n(CC(=O)N2CCN(C(=O)CC3CCCC3)CC2)c1. The van der Waals surface area contributed by atoms with E-state index < -0.39 is 15.6 Å². The summed E-state index contributed by atoms with van der Waals surface area (Å²) in [5.74, 6) is 0.399. The molecule has 0 bridgehead atoms. The number of hydrogen-bond acceptors (Lipinski definition) is 5. The van der Waals surface area contributed by atoms with Gasteiger partial charge < -0.3 is 14.4 Å². The van der Waals surface area contributed by atoms with Crippen LogP contribution in [0.3, 0.4) is 0 Å². The second-order valence-electron chi connectivity index (χ2n) is 8.54.